The van der Waals surface area contributed by atoms with E-state index < -0.39 is 8.07 Å². The molecular weight excluding hydrogens is 380 g/mol. The molecule has 0 aliphatic rings. The standard InChI is InChI=1S/C28H28OSi/c1-22-19-24(21-23-13-7-4-8-14-23)28(29-25-15-9-5-10-16-25)27(20-22)30(2,3)26-17-11-6-12-18-26/h4-20H,21H2,1-3H3. The van der Waals surface area contributed by atoms with E-state index in [-0.39, 0.29) is 0 Å². The topological polar surface area (TPSA) is 9.23 Å². The summed E-state index contributed by atoms with van der Waals surface area (Å²) < 4.78 is 6.61. The highest BCUT2D eigenvalue weighted by Gasteiger charge is 2.31. The van der Waals surface area contributed by atoms with Crippen LogP contribution < -0.4 is 15.1 Å². The minimum Gasteiger partial charge on any atom is -0.457 e. The largest absolute Gasteiger partial charge is 0.457 e. The average molecular weight is 409 g/mol. The van der Waals surface area contributed by atoms with Crippen LogP contribution in [0.5, 0.6) is 11.5 Å². The molecule has 2 heteroatoms. The monoisotopic (exact) mass is 408 g/mol. The molecule has 0 heterocycles. The number of rotatable bonds is 6. The average Bonchev–Trinajstić information content (AvgIpc) is 2.77. The van der Waals surface area contributed by atoms with Crippen LogP contribution in [0, 0.1) is 6.92 Å². The molecule has 0 radical (unpaired) electrons. The van der Waals surface area contributed by atoms with Gasteiger partial charge in [0, 0.05) is 6.42 Å². The summed E-state index contributed by atoms with van der Waals surface area (Å²) in [5.41, 5.74) is 3.83. The zero-order chi connectivity index (χ0) is 21.0. The fourth-order valence-electron chi connectivity index (χ4n) is 4.00. The van der Waals surface area contributed by atoms with Gasteiger partial charge in [-0.1, -0.05) is 115 Å². The van der Waals surface area contributed by atoms with Gasteiger partial charge in [0.05, 0.1) is 0 Å². The molecule has 0 aliphatic heterocycles. The molecule has 4 aromatic carbocycles. The lowest BCUT2D eigenvalue weighted by atomic mass is 10.0. The number of hydrogen-bond acceptors (Lipinski definition) is 1. The normalized spacial score (nSPS) is 11.3. The molecule has 0 fully saturated rings. The van der Waals surface area contributed by atoms with Gasteiger partial charge < -0.3 is 4.74 Å². The summed E-state index contributed by atoms with van der Waals surface area (Å²) in [5, 5.41) is 2.77. The molecule has 0 spiro atoms. The van der Waals surface area contributed by atoms with E-state index in [0.29, 0.717) is 0 Å². The fraction of sp³-hybridized carbons (Fsp3) is 0.143. The molecule has 150 valence electrons. The highest BCUT2D eigenvalue weighted by atomic mass is 28.3. The van der Waals surface area contributed by atoms with Gasteiger partial charge in [-0.3, -0.25) is 0 Å². The molecule has 4 rings (SSSR count). The maximum absolute atomic E-state index is 6.61. The zero-order valence-corrected chi connectivity index (χ0v) is 18.9. The highest BCUT2D eigenvalue weighted by Crippen LogP contribution is 2.29. The summed E-state index contributed by atoms with van der Waals surface area (Å²) in [6, 6.07) is 36.3. The first-order valence-electron chi connectivity index (χ1n) is 10.5. The smallest absolute Gasteiger partial charge is 0.130 e. The van der Waals surface area contributed by atoms with E-state index >= 15 is 0 Å². The maximum atomic E-state index is 6.61. The molecule has 0 saturated carbocycles. The predicted molar refractivity (Wildman–Crippen MR) is 130 cm³/mol. The molecule has 0 atom stereocenters. The molecule has 0 amide bonds. The quantitative estimate of drug-likeness (QED) is 0.345. The van der Waals surface area contributed by atoms with Gasteiger partial charge in [0.1, 0.15) is 19.6 Å². The van der Waals surface area contributed by atoms with Crippen LogP contribution in [0.25, 0.3) is 0 Å². The van der Waals surface area contributed by atoms with Crippen LogP contribution in [0.15, 0.2) is 103 Å². The minimum absolute atomic E-state index is 0.858. The summed E-state index contributed by atoms with van der Waals surface area (Å²) in [4.78, 5) is 0. The third-order valence-electron chi connectivity index (χ3n) is 5.68. The maximum Gasteiger partial charge on any atom is 0.130 e. The van der Waals surface area contributed by atoms with Crippen LogP contribution in [0.4, 0.5) is 0 Å². The van der Waals surface area contributed by atoms with Crippen molar-refractivity contribution in [2.75, 3.05) is 0 Å². The van der Waals surface area contributed by atoms with Crippen LogP contribution in [0.3, 0.4) is 0 Å². The highest BCUT2D eigenvalue weighted by molar-refractivity contribution is 7.01. The minimum atomic E-state index is -1.96. The number of benzene rings is 4. The molecule has 0 aliphatic carbocycles. The van der Waals surface area contributed by atoms with Crippen molar-refractivity contribution in [3.05, 3.63) is 120 Å². The predicted octanol–water partition coefficient (Wildman–Crippen LogP) is 6.20. The Morgan fingerprint density at radius 3 is 1.90 bits per heavy atom. The van der Waals surface area contributed by atoms with Gasteiger partial charge in [0.25, 0.3) is 0 Å². The Hall–Kier alpha value is -3.10. The molecule has 4 aromatic rings. The second-order valence-electron chi connectivity index (χ2n) is 8.37. The molecule has 0 aromatic heterocycles. The lowest BCUT2D eigenvalue weighted by Gasteiger charge is -2.28. The third-order valence-corrected chi connectivity index (χ3v) is 9.17. The number of para-hydroxylation sites is 1. The Bertz CT molecular complexity index is 1100. The lowest BCUT2D eigenvalue weighted by molar-refractivity contribution is 0.481. The van der Waals surface area contributed by atoms with Crippen molar-refractivity contribution < 1.29 is 4.74 Å². The molecule has 0 bridgehead atoms. The van der Waals surface area contributed by atoms with E-state index in [1.807, 2.05) is 30.3 Å². The van der Waals surface area contributed by atoms with Gasteiger partial charge in [0.2, 0.25) is 0 Å². The Kier molecular flexibility index (Phi) is 5.87. The van der Waals surface area contributed by atoms with Crippen molar-refractivity contribution in [1.29, 1.82) is 0 Å². The van der Waals surface area contributed by atoms with E-state index in [1.165, 1.54) is 27.1 Å². The lowest BCUT2D eigenvalue weighted by Crippen LogP contribution is -2.53. The van der Waals surface area contributed by atoms with Gasteiger partial charge in [-0.2, -0.15) is 0 Å². The van der Waals surface area contributed by atoms with Crippen molar-refractivity contribution in [3.8, 4) is 11.5 Å². The van der Waals surface area contributed by atoms with Crippen molar-refractivity contribution in [1.82, 2.24) is 0 Å². The summed E-state index contributed by atoms with van der Waals surface area (Å²) in [6.07, 6.45) is 0.858. The first-order chi connectivity index (χ1) is 14.5. The van der Waals surface area contributed by atoms with Crippen LogP contribution in [0.1, 0.15) is 16.7 Å². The van der Waals surface area contributed by atoms with Gasteiger partial charge in [-0.05, 0) is 35.4 Å². The van der Waals surface area contributed by atoms with Crippen LogP contribution in [-0.4, -0.2) is 8.07 Å². The van der Waals surface area contributed by atoms with Gasteiger partial charge in [-0.25, -0.2) is 0 Å². The Morgan fingerprint density at radius 1 is 0.700 bits per heavy atom. The van der Waals surface area contributed by atoms with Crippen molar-refractivity contribution in [2.24, 2.45) is 0 Å². The molecule has 0 unspecified atom stereocenters. The first-order valence-corrected chi connectivity index (χ1v) is 13.5. The molecule has 0 N–H and O–H groups in total. The van der Waals surface area contributed by atoms with E-state index in [4.69, 9.17) is 4.74 Å². The molecular formula is C28H28OSi. The molecule has 0 saturated heterocycles. The third kappa shape index (κ3) is 4.39. The van der Waals surface area contributed by atoms with Gasteiger partial charge >= 0.3 is 0 Å². The van der Waals surface area contributed by atoms with E-state index in [0.717, 1.165) is 17.9 Å². The zero-order valence-electron chi connectivity index (χ0n) is 17.9. The first kappa shape index (κ1) is 20.2. The van der Waals surface area contributed by atoms with E-state index in [2.05, 4.69) is 92.8 Å². The van der Waals surface area contributed by atoms with E-state index in [9.17, 15) is 0 Å². The summed E-state index contributed by atoms with van der Waals surface area (Å²) in [7, 11) is -1.96. The molecule has 30 heavy (non-hydrogen) atoms. The van der Waals surface area contributed by atoms with Crippen molar-refractivity contribution in [3.63, 3.8) is 0 Å². The van der Waals surface area contributed by atoms with Crippen molar-refractivity contribution >= 4 is 18.4 Å². The van der Waals surface area contributed by atoms with Crippen molar-refractivity contribution in [2.45, 2.75) is 26.4 Å². The Balaban J connectivity index is 1.88. The number of ether oxygens (including phenoxy) is 1. The van der Waals surface area contributed by atoms with Gasteiger partial charge in [-0.15, -0.1) is 0 Å². The van der Waals surface area contributed by atoms with Crippen LogP contribution in [-0.2, 0) is 6.42 Å². The van der Waals surface area contributed by atoms with Crippen LogP contribution in [0.2, 0.25) is 13.1 Å². The number of hydrogen-bond donors (Lipinski definition) is 0. The number of aryl methyl sites for hydroxylation is 1. The SMILES string of the molecule is Cc1cc(Cc2ccccc2)c(Oc2ccccc2)c([Si](C)(C)c2ccccc2)c1. The molecule has 1 nitrogen and oxygen atoms in total. The summed E-state index contributed by atoms with van der Waals surface area (Å²) in [6.45, 7) is 7.03. The van der Waals surface area contributed by atoms with Crippen LogP contribution >= 0.6 is 0 Å². The van der Waals surface area contributed by atoms with Gasteiger partial charge in [0.15, 0.2) is 0 Å². The second-order valence-corrected chi connectivity index (χ2v) is 12.7. The second kappa shape index (κ2) is 8.72. The van der Waals surface area contributed by atoms with E-state index in [1.54, 1.807) is 0 Å². The Labute approximate surface area is 181 Å². The fourth-order valence-corrected chi connectivity index (χ4v) is 6.70. The Morgan fingerprint density at radius 2 is 1.27 bits per heavy atom. The summed E-state index contributed by atoms with van der Waals surface area (Å²) >= 11 is 0. The summed E-state index contributed by atoms with van der Waals surface area (Å²) in [5.74, 6) is 1.91.